The maximum atomic E-state index is 12.2. The van der Waals surface area contributed by atoms with Crippen LogP contribution in [0, 0.1) is 0 Å². The molecule has 0 saturated carbocycles. The van der Waals surface area contributed by atoms with Crippen molar-refractivity contribution in [3.63, 3.8) is 0 Å². The predicted octanol–water partition coefficient (Wildman–Crippen LogP) is 1.88. The van der Waals surface area contributed by atoms with Crippen molar-refractivity contribution in [2.75, 3.05) is 18.4 Å². The Morgan fingerprint density at radius 1 is 1.39 bits per heavy atom. The number of para-hydroxylation sites is 1. The third-order valence-electron chi connectivity index (χ3n) is 3.55. The Labute approximate surface area is 138 Å². The number of carbonyl (C=O) groups excluding carboxylic acids is 2. The Bertz CT molecular complexity index is 745. The van der Waals surface area contributed by atoms with Gasteiger partial charge in [-0.1, -0.05) is 23.7 Å². The maximum absolute atomic E-state index is 12.2. The molecular weight excluding hydrogens is 318 g/mol. The van der Waals surface area contributed by atoms with Gasteiger partial charge in [0.05, 0.1) is 10.7 Å². The van der Waals surface area contributed by atoms with E-state index < -0.39 is 6.04 Å². The van der Waals surface area contributed by atoms with E-state index in [1.807, 2.05) is 18.2 Å². The number of rotatable bonds is 4. The number of amides is 3. The van der Waals surface area contributed by atoms with Crippen LogP contribution in [0.1, 0.15) is 6.92 Å². The molecule has 1 aromatic heterocycles. The molecule has 3 rings (SSSR count). The first-order valence-corrected chi connectivity index (χ1v) is 7.60. The second-order valence-electron chi connectivity index (χ2n) is 5.18. The van der Waals surface area contributed by atoms with E-state index in [2.05, 4.69) is 15.7 Å². The summed E-state index contributed by atoms with van der Waals surface area (Å²) in [5.41, 5.74) is 0.750. The average molecular weight is 334 g/mol. The van der Waals surface area contributed by atoms with Crippen LogP contribution in [-0.4, -0.2) is 45.8 Å². The number of nitrogens with zero attached hydrogens (tertiary/aromatic N) is 3. The largest absolute Gasteiger partial charge is 0.357 e. The van der Waals surface area contributed by atoms with E-state index in [1.165, 1.54) is 4.90 Å². The van der Waals surface area contributed by atoms with Gasteiger partial charge in [-0.25, -0.2) is 9.48 Å². The monoisotopic (exact) mass is 333 g/mol. The van der Waals surface area contributed by atoms with Crippen LogP contribution >= 0.6 is 11.6 Å². The van der Waals surface area contributed by atoms with Crippen LogP contribution in [0.5, 0.6) is 0 Å². The number of benzene rings is 1. The summed E-state index contributed by atoms with van der Waals surface area (Å²) in [6, 6.07) is 8.17. The number of carbonyl (C=O) groups is 2. The predicted molar refractivity (Wildman–Crippen MR) is 86.8 cm³/mol. The molecule has 0 bridgehead atoms. The van der Waals surface area contributed by atoms with Gasteiger partial charge in [0.1, 0.15) is 11.9 Å². The van der Waals surface area contributed by atoms with Gasteiger partial charge >= 0.3 is 6.03 Å². The molecule has 0 radical (unpaired) electrons. The van der Waals surface area contributed by atoms with Gasteiger partial charge in [-0.05, 0) is 19.1 Å². The summed E-state index contributed by atoms with van der Waals surface area (Å²) >= 11 is 6.14. The van der Waals surface area contributed by atoms with Gasteiger partial charge in [0.2, 0.25) is 0 Å². The van der Waals surface area contributed by atoms with Gasteiger partial charge in [0, 0.05) is 25.4 Å². The molecule has 120 valence electrons. The molecule has 0 spiro atoms. The van der Waals surface area contributed by atoms with Gasteiger partial charge in [0.25, 0.3) is 5.91 Å². The van der Waals surface area contributed by atoms with Crippen molar-refractivity contribution in [1.29, 1.82) is 0 Å². The highest BCUT2D eigenvalue weighted by atomic mass is 35.5. The fourth-order valence-corrected chi connectivity index (χ4v) is 2.59. The quantitative estimate of drug-likeness (QED) is 0.895. The van der Waals surface area contributed by atoms with Crippen LogP contribution in [-0.2, 0) is 4.79 Å². The first-order valence-electron chi connectivity index (χ1n) is 7.22. The van der Waals surface area contributed by atoms with Crippen molar-refractivity contribution < 1.29 is 9.59 Å². The molecular formula is C15H16ClN5O2. The lowest BCUT2D eigenvalue weighted by Crippen LogP contribution is -2.43. The highest BCUT2D eigenvalue weighted by Gasteiger charge is 2.29. The van der Waals surface area contributed by atoms with Crippen LogP contribution in [0.3, 0.4) is 0 Å². The van der Waals surface area contributed by atoms with E-state index >= 15 is 0 Å². The molecule has 0 aliphatic carbocycles. The zero-order valence-corrected chi connectivity index (χ0v) is 13.2. The Kier molecular flexibility index (Phi) is 4.20. The number of urea groups is 1. The van der Waals surface area contributed by atoms with Crippen molar-refractivity contribution in [2.45, 2.75) is 13.0 Å². The van der Waals surface area contributed by atoms with Crippen molar-refractivity contribution in [3.8, 4) is 5.69 Å². The number of halogens is 1. The fraction of sp³-hybridized carbons (Fsp3) is 0.267. The topological polar surface area (TPSA) is 79.3 Å². The number of aromatic nitrogens is 2. The maximum Gasteiger partial charge on any atom is 0.324 e. The Balaban J connectivity index is 1.70. The lowest BCUT2D eigenvalue weighted by molar-refractivity contribution is -0.128. The summed E-state index contributed by atoms with van der Waals surface area (Å²) in [7, 11) is 0. The average Bonchev–Trinajstić information content (AvgIpc) is 3.16. The molecule has 1 fully saturated rings. The lowest BCUT2D eigenvalue weighted by Gasteiger charge is -2.18. The Hall–Kier alpha value is -2.54. The lowest BCUT2D eigenvalue weighted by atomic mass is 10.3. The summed E-state index contributed by atoms with van der Waals surface area (Å²) < 4.78 is 1.63. The zero-order chi connectivity index (χ0) is 16.4. The van der Waals surface area contributed by atoms with Gasteiger partial charge in [-0.2, -0.15) is 5.10 Å². The Morgan fingerprint density at radius 3 is 2.87 bits per heavy atom. The second-order valence-corrected chi connectivity index (χ2v) is 5.59. The summed E-state index contributed by atoms with van der Waals surface area (Å²) in [6.07, 6.45) is 1.75. The molecule has 23 heavy (non-hydrogen) atoms. The molecule has 2 N–H and O–H groups in total. The molecule has 1 aliphatic rings. The van der Waals surface area contributed by atoms with Crippen LogP contribution in [0.4, 0.5) is 10.6 Å². The van der Waals surface area contributed by atoms with Gasteiger partial charge in [-0.3, -0.25) is 9.69 Å². The Morgan fingerprint density at radius 2 is 2.17 bits per heavy atom. The molecule has 1 unspecified atom stereocenters. The smallest absolute Gasteiger partial charge is 0.324 e. The summed E-state index contributed by atoms with van der Waals surface area (Å²) in [4.78, 5) is 25.0. The number of hydrogen-bond acceptors (Lipinski definition) is 4. The van der Waals surface area contributed by atoms with Crippen LogP contribution in [0.15, 0.2) is 36.5 Å². The summed E-state index contributed by atoms with van der Waals surface area (Å²) in [5.74, 6) is 0.248. The zero-order valence-electron chi connectivity index (χ0n) is 12.5. The third kappa shape index (κ3) is 3.14. The van der Waals surface area contributed by atoms with E-state index in [-0.39, 0.29) is 11.9 Å². The molecule has 2 aromatic rings. The minimum atomic E-state index is -0.562. The van der Waals surface area contributed by atoms with Crippen molar-refractivity contribution in [3.05, 3.63) is 41.6 Å². The van der Waals surface area contributed by atoms with E-state index in [0.717, 1.165) is 5.69 Å². The van der Waals surface area contributed by atoms with E-state index in [1.54, 1.807) is 29.9 Å². The molecule has 1 saturated heterocycles. The molecule has 1 atom stereocenters. The third-order valence-corrected chi connectivity index (χ3v) is 3.87. The molecule has 1 aromatic carbocycles. The molecule has 2 heterocycles. The highest BCUT2D eigenvalue weighted by Crippen LogP contribution is 2.20. The first kappa shape index (κ1) is 15.4. The van der Waals surface area contributed by atoms with E-state index in [9.17, 15) is 9.59 Å². The number of hydrogen-bond donors (Lipinski definition) is 2. The van der Waals surface area contributed by atoms with Gasteiger partial charge in [0.15, 0.2) is 0 Å². The van der Waals surface area contributed by atoms with Crippen molar-refractivity contribution in [2.24, 2.45) is 0 Å². The molecule has 1 aliphatic heterocycles. The minimum absolute atomic E-state index is 0.285. The SMILES string of the molecule is CC(Nc1ccn(-c2ccccc2Cl)n1)C(=O)N1CCNC1=O. The molecule has 8 heteroatoms. The summed E-state index contributed by atoms with van der Waals surface area (Å²) in [5, 5.41) is 10.6. The second kappa shape index (κ2) is 6.29. The van der Waals surface area contributed by atoms with E-state index in [0.29, 0.717) is 23.9 Å². The minimum Gasteiger partial charge on any atom is -0.357 e. The first-order chi connectivity index (χ1) is 11.1. The van der Waals surface area contributed by atoms with Crippen molar-refractivity contribution >= 4 is 29.4 Å². The number of imide groups is 1. The van der Waals surface area contributed by atoms with Crippen molar-refractivity contribution in [1.82, 2.24) is 20.0 Å². The molecule has 7 nitrogen and oxygen atoms in total. The standard InChI is InChI=1S/C15H16ClN5O2/c1-10(14(22)20-9-7-17-15(20)23)18-13-6-8-21(19-13)12-5-3-2-4-11(12)16/h2-6,8,10H,7,9H2,1H3,(H,17,23)(H,18,19). The van der Waals surface area contributed by atoms with Crippen LogP contribution in [0.2, 0.25) is 5.02 Å². The van der Waals surface area contributed by atoms with Gasteiger partial charge in [-0.15, -0.1) is 0 Å². The fourth-order valence-electron chi connectivity index (χ4n) is 2.37. The number of anilines is 1. The van der Waals surface area contributed by atoms with E-state index in [4.69, 9.17) is 11.6 Å². The summed E-state index contributed by atoms with van der Waals surface area (Å²) in [6.45, 7) is 2.57. The normalized spacial score (nSPS) is 15.4. The number of nitrogens with one attached hydrogen (secondary N) is 2. The molecule has 3 amide bonds. The highest BCUT2D eigenvalue weighted by molar-refractivity contribution is 6.32. The van der Waals surface area contributed by atoms with Crippen LogP contribution < -0.4 is 10.6 Å². The van der Waals surface area contributed by atoms with Gasteiger partial charge < -0.3 is 10.6 Å². The van der Waals surface area contributed by atoms with Crippen LogP contribution in [0.25, 0.3) is 5.69 Å².